The van der Waals surface area contributed by atoms with Crippen LogP contribution in [0.3, 0.4) is 0 Å². The smallest absolute Gasteiger partial charge is 0.308 e. The second-order valence-corrected chi connectivity index (χ2v) is 7.56. The van der Waals surface area contributed by atoms with Gasteiger partial charge in [0.15, 0.2) is 5.82 Å². The Morgan fingerprint density at radius 3 is 2.77 bits per heavy atom. The lowest BCUT2D eigenvalue weighted by molar-refractivity contribution is -0.131. The van der Waals surface area contributed by atoms with Gasteiger partial charge in [0, 0.05) is 11.8 Å². The van der Waals surface area contributed by atoms with E-state index in [4.69, 9.17) is 4.74 Å². The lowest BCUT2D eigenvalue weighted by Gasteiger charge is -2.04. The van der Waals surface area contributed by atoms with E-state index in [1.807, 2.05) is 24.4 Å². The normalized spacial score (nSPS) is 12.0. The molecule has 8 heteroatoms. The van der Waals surface area contributed by atoms with E-state index in [2.05, 4.69) is 10.1 Å². The fraction of sp³-hybridized carbons (Fsp3) is 0.111. The second kappa shape index (κ2) is 6.47. The first-order chi connectivity index (χ1) is 12.5. The molecule has 0 radical (unpaired) electrons. The third kappa shape index (κ3) is 2.93. The highest BCUT2D eigenvalue weighted by Crippen LogP contribution is 2.27. The summed E-state index contributed by atoms with van der Waals surface area (Å²) in [4.78, 5) is 29.9. The van der Waals surface area contributed by atoms with Gasteiger partial charge in [-0.3, -0.25) is 9.59 Å². The number of benzene rings is 1. The highest BCUT2D eigenvalue weighted by atomic mass is 32.1. The van der Waals surface area contributed by atoms with Crippen LogP contribution >= 0.6 is 22.7 Å². The number of aromatic nitrogens is 3. The van der Waals surface area contributed by atoms with E-state index >= 15 is 0 Å². The minimum absolute atomic E-state index is 0.207. The van der Waals surface area contributed by atoms with E-state index in [0.29, 0.717) is 26.6 Å². The van der Waals surface area contributed by atoms with Gasteiger partial charge in [0.2, 0.25) is 4.96 Å². The maximum atomic E-state index is 12.6. The van der Waals surface area contributed by atoms with Crippen molar-refractivity contribution in [3.8, 4) is 17.1 Å². The van der Waals surface area contributed by atoms with E-state index in [0.717, 1.165) is 10.4 Å². The van der Waals surface area contributed by atoms with E-state index in [1.165, 1.54) is 22.8 Å². The second-order valence-electron chi connectivity index (χ2n) is 5.60. The molecule has 130 valence electrons. The molecule has 0 aliphatic heterocycles. The van der Waals surface area contributed by atoms with Gasteiger partial charge in [0.1, 0.15) is 5.75 Å². The van der Waals surface area contributed by atoms with E-state index in [-0.39, 0.29) is 5.56 Å². The summed E-state index contributed by atoms with van der Waals surface area (Å²) in [5.74, 6) is 0.293. The van der Waals surface area contributed by atoms with Crippen LogP contribution < -0.4 is 14.8 Å². The molecule has 4 aromatic rings. The predicted molar refractivity (Wildman–Crippen MR) is 102 cm³/mol. The number of ether oxygens (including phenoxy) is 1. The number of thiazole rings is 1. The van der Waals surface area contributed by atoms with Gasteiger partial charge in [0.05, 0.1) is 10.1 Å². The van der Waals surface area contributed by atoms with Crippen molar-refractivity contribution in [1.82, 2.24) is 14.6 Å². The zero-order valence-corrected chi connectivity index (χ0v) is 15.6. The first-order valence-electron chi connectivity index (χ1n) is 7.76. The van der Waals surface area contributed by atoms with Crippen molar-refractivity contribution >= 4 is 39.7 Å². The fourth-order valence-corrected chi connectivity index (χ4v) is 4.32. The first-order valence-corrected chi connectivity index (χ1v) is 9.46. The van der Waals surface area contributed by atoms with E-state index in [1.54, 1.807) is 35.6 Å². The van der Waals surface area contributed by atoms with Gasteiger partial charge in [-0.15, -0.1) is 16.4 Å². The number of hydrogen-bond donors (Lipinski definition) is 0. The van der Waals surface area contributed by atoms with Crippen molar-refractivity contribution in [3.63, 3.8) is 0 Å². The Morgan fingerprint density at radius 1 is 1.27 bits per heavy atom. The summed E-state index contributed by atoms with van der Waals surface area (Å²) in [6.07, 6.45) is 1.87. The number of rotatable bonds is 3. The highest BCUT2D eigenvalue weighted by Gasteiger charge is 2.16. The molecule has 26 heavy (non-hydrogen) atoms. The average molecular weight is 383 g/mol. The van der Waals surface area contributed by atoms with Gasteiger partial charge in [-0.25, -0.2) is 0 Å². The lowest BCUT2D eigenvalue weighted by Crippen LogP contribution is -2.23. The van der Waals surface area contributed by atoms with Gasteiger partial charge in [-0.2, -0.15) is 9.50 Å². The van der Waals surface area contributed by atoms with Crippen LogP contribution in [0.15, 0.2) is 40.5 Å². The number of carbonyl (C=O) groups is 1. The molecule has 0 N–H and O–H groups in total. The summed E-state index contributed by atoms with van der Waals surface area (Å²) in [7, 11) is 0. The monoisotopic (exact) mass is 383 g/mol. The standard InChI is InChI=1S/C18H13N3O3S2/c1-10-7-8-25-14(10)9-15-17(23)21-18(26-15)19-16(20-21)12-5-3-4-6-13(12)24-11(2)22/h3-9H,1-2H3. The molecule has 3 heterocycles. The summed E-state index contributed by atoms with van der Waals surface area (Å²) in [5.41, 5.74) is 1.49. The number of thiophene rings is 1. The molecule has 0 aliphatic carbocycles. The number of carbonyl (C=O) groups excluding carboxylic acids is 1. The molecular formula is C18H13N3O3S2. The number of para-hydroxylation sites is 1. The maximum Gasteiger partial charge on any atom is 0.308 e. The molecule has 0 atom stereocenters. The number of esters is 1. The fourth-order valence-electron chi connectivity index (χ4n) is 2.49. The zero-order valence-electron chi connectivity index (χ0n) is 13.9. The molecule has 0 unspecified atom stereocenters. The van der Waals surface area contributed by atoms with Crippen LogP contribution in [0.5, 0.6) is 5.75 Å². The van der Waals surface area contributed by atoms with Crippen molar-refractivity contribution in [1.29, 1.82) is 0 Å². The number of aryl methyl sites for hydroxylation is 1. The molecule has 0 amide bonds. The molecule has 0 spiro atoms. The van der Waals surface area contributed by atoms with Gasteiger partial charge < -0.3 is 4.74 Å². The maximum absolute atomic E-state index is 12.6. The quantitative estimate of drug-likeness (QED) is 0.402. The molecule has 4 rings (SSSR count). The van der Waals surface area contributed by atoms with Crippen LogP contribution in [-0.2, 0) is 4.79 Å². The largest absolute Gasteiger partial charge is 0.426 e. The van der Waals surface area contributed by atoms with E-state index < -0.39 is 5.97 Å². The Morgan fingerprint density at radius 2 is 2.08 bits per heavy atom. The van der Waals surface area contributed by atoms with Gasteiger partial charge in [-0.05, 0) is 42.1 Å². The Labute approximate surface area is 156 Å². The molecule has 0 fully saturated rings. The Bertz CT molecular complexity index is 1240. The summed E-state index contributed by atoms with van der Waals surface area (Å²) < 4.78 is 7.08. The Kier molecular flexibility index (Phi) is 4.14. The molecule has 3 aromatic heterocycles. The molecular weight excluding hydrogens is 370 g/mol. The number of nitrogens with zero attached hydrogens (tertiary/aromatic N) is 3. The Balaban J connectivity index is 1.82. The molecule has 6 nitrogen and oxygen atoms in total. The summed E-state index contributed by atoms with van der Waals surface area (Å²) in [5, 5.41) is 6.31. The predicted octanol–water partition coefficient (Wildman–Crippen LogP) is 2.66. The van der Waals surface area contributed by atoms with Crippen molar-refractivity contribution in [2.75, 3.05) is 0 Å². The number of fused-ring (bicyclic) bond motifs is 1. The Hall–Kier alpha value is -2.84. The van der Waals surface area contributed by atoms with Crippen LogP contribution in [0, 0.1) is 6.92 Å². The number of hydrogen-bond acceptors (Lipinski definition) is 7. The van der Waals surface area contributed by atoms with Crippen molar-refractivity contribution in [3.05, 3.63) is 61.0 Å². The third-order valence-corrected chi connectivity index (χ3v) is 5.65. The van der Waals surface area contributed by atoms with Crippen molar-refractivity contribution in [2.24, 2.45) is 0 Å². The van der Waals surface area contributed by atoms with Crippen LogP contribution in [0.25, 0.3) is 22.4 Å². The van der Waals surface area contributed by atoms with Crippen LogP contribution in [0.4, 0.5) is 0 Å². The van der Waals surface area contributed by atoms with Crippen LogP contribution in [-0.4, -0.2) is 20.6 Å². The third-order valence-electron chi connectivity index (χ3n) is 3.73. The van der Waals surface area contributed by atoms with Gasteiger partial charge in [0.25, 0.3) is 5.56 Å². The topological polar surface area (TPSA) is 73.6 Å². The summed E-state index contributed by atoms with van der Waals surface area (Å²) >= 11 is 2.87. The van der Waals surface area contributed by atoms with E-state index in [9.17, 15) is 9.59 Å². The highest BCUT2D eigenvalue weighted by molar-refractivity contribution is 7.15. The van der Waals surface area contributed by atoms with Gasteiger partial charge in [-0.1, -0.05) is 23.5 Å². The summed E-state index contributed by atoms with van der Waals surface area (Å²) in [6, 6.07) is 9.00. The van der Waals surface area contributed by atoms with Crippen molar-refractivity contribution in [2.45, 2.75) is 13.8 Å². The minimum Gasteiger partial charge on any atom is -0.426 e. The van der Waals surface area contributed by atoms with Gasteiger partial charge >= 0.3 is 5.97 Å². The molecule has 0 saturated heterocycles. The molecule has 0 aliphatic rings. The molecule has 0 bridgehead atoms. The lowest BCUT2D eigenvalue weighted by atomic mass is 10.2. The first kappa shape index (κ1) is 16.6. The van der Waals surface area contributed by atoms with Crippen molar-refractivity contribution < 1.29 is 9.53 Å². The van der Waals surface area contributed by atoms with Crippen LogP contribution in [0.1, 0.15) is 17.4 Å². The average Bonchev–Trinajstić information content (AvgIpc) is 3.26. The SMILES string of the molecule is CC(=O)Oc1ccccc1-c1nc2sc(=Cc3sccc3C)c(=O)n2n1. The minimum atomic E-state index is -0.425. The molecule has 1 aromatic carbocycles. The molecule has 0 saturated carbocycles. The van der Waals surface area contributed by atoms with Crippen LogP contribution in [0.2, 0.25) is 0 Å². The zero-order chi connectivity index (χ0) is 18.3. The summed E-state index contributed by atoms with van der Waals surface area (Å²) in [6.45, 7) is 3.34.